The van der Waals surface area contributed by atoms with E-state index in [-0.39, 0.29) is 6.04 Å². The van der Waals surface area contributed by atoms with E-state index < -0.39 is 10.0 Å². The van der Waals surface area contributed by atoms with Gasteiger partial charge in [0.15, 0.2) is 0 Å². The quantitative estimate of drug-likeness (QED) is 0.748. The fourth-order valence-electron chi connectivity index (χ4n) is 1.90. The molecule has 2 heterocycles. The van der Waals surface area contributed by atoms with Crippen molar-refractivity contribution >= 4 is 10.0 Å². The van der Waals surface area contributed by atoms with Crippen LogP contribution < -0.4 is 0 Å². The Balaban J connectivity index is 2.28. The van der Waals surface area contributed by atoms with Gasteiger partial charge in [-0.1, -0.05) is 0 Å². The van der Waals surface area contributed by atoms with E-state index in [2.05, 4.69) is 0 Å². The lowest BCUT2D eigenvalue weighted by Gasteiger charge is -2.19. The summed E-state index contributed by atoms with van der Waals surface area (Å²) in [5, 5.41) is 0. The molecule has 0 radical (unpaired) electrons. The van der Waals surface area contributed by atoms with Crippen LogP contribution in [0.3, 0.4) is 0 Å². The normalized spacial score (nSPS) is 24.2. The lowest BCUT2D eigenvalue weighted by molar-refractivity contribution is 0.342. The summed E-state index contributed by atoms with van der Waals surface area (Å²) in [6.07, 6.45) is 4.57. The molecule has 1 atom stereocenters. The van der Waals surface area contributed by atoms with E-state index in [0.717, 1.165) is 18.6 Å². The van der Waals surface area contributed by atoms with Crippen molar-refractivity contribution in [3.63, 3.8) is 0 Å². The monoisotopic (exact) mass is 215 g/mol. The number of nitrogens with zero attached hydrogens (tertiary/aromatic N) is 1. The third kappa shape index (κ3) is 1.69. The van der Waals surface area contributed by atoms with Crippen molar-refractivity contribution in [2.24, 2.45) is 0 Å². The second-order valence-corrected chi connectivity index (χ2v) is 5.48. The van der Waals surface area contributed by atoms with Gasteiger partial charge in [-0.05, 0) is 25.0 Å². The molecule has 0 spiro atoms. The van der Waals surface area contributed by atoms with Crippen molar-refractivity contribution < 1.29 is 12.8 Å². The zero-order chi connectivity index (χ0) is 10.2. The van der Waals surface area contributed by atoms with Gasteiger partial charge in [0.05, 0.1) is 18.6 Å². The maximum absolute atomic E-state index is 11.4. The molecule has 0 unspecified atom stereocenters. The SMILES string of the molecule is CS(=O)(=O)N1CCC[C@@H]1c1ccco1. The van der Waals surface area contributed by atoms with E-state index in [1.807, 2.05) is 6.07 Å². The van der Waals surface area contributed by atoms with Crippen LogP contribution in [0.5, 0.6) is 0 Å². The molecule has 1 aromatic rings. The van der Waals surface area contributed by atoms with Crippen LogP contribution in [0.4, 0.5) is 0 Å². The predicted octanol–water partition coefficient (Wildman–Crippen LogP) is 1.38. The lowest BCUT2D eigenvalue weighted by Crippen LogP contribution is -2.29. The molecule has 1 aromatic heterocycles. The van der Waals surface area contributed by atoms with Gasteiger partial charge in [0, 0.05) is 6.54 Å². The molecule has 1 saturated heterocycles. The van der Waals surface area contributed by atoms with E-state index in [9.17, 15) is 8.42 Å². The summed E-state index contributed by atoms with van der Waals surface area (Å²) in [6.45, 7) is 0.601. The van der Waals surface area contributed by atoms with Gasteiger partial charge in [0.1, 0.15) is 5.76 Å². The Kier molecular flexibility index (Phi) is 2.36. The molecule has 0 saturated carbocycles. The third-order valence-corrected chi connectivity index (χ3v) is 3.79. The molecule has 0 bridgehead atoms. The van der Waals surface area contributed by atoms with Gasteiger partial charge in [-0.25, -0.2) is 8.42 Å². The average Bonchev–Trinajstić information content (AvgIpc) is 2.73. The molecular formula is C9H13NO3S. The van der Waals surface area contributed by atoms with Gasteiger partial charge in [-0.15, -0.1) is 0 Å². The molecule has 2 rings (SSSR count). The largest absolute Gasteiger partial charge is 0.468 e. The van der Waals surface area contributed by atoms with E-state index >= 15 is 0 Å². The van der Waals surface area contributed by atoms with E-state index in [1.165, 1.54) is 10.6 Å². The highest BCUT2D eigenvalue weighted by Gasteiger charge is 2.33. The number of furan rings is 1. The lowest BCUT2D eigenvalue weighted by atomic mass is 10.2. The summed E-state index contributed by atoms with van der Waals surface area (Å²) >= 11 is 0. The Hall–Kier alpha value is -0.810. The van der Waals surface area contributed by atoms with Crippen LogP contribution in [0.1, 0.15) is 24.6 Å². The minimum atomic E-state index is -3.10. The number of hydrogen-bond donors (Lipinski definition) is 0. The topological polar surface area (TPSA) is 50.5 Å². The maximum Gasteiger partial charge on any atom is 0.211 e. The molecule has 1 aliphatic heterocycles. The average molecular weight is 215 g/mol. The van der Waals surface area contributed by atoms with Crippen LogP contribution in [-0.2, 0) is 10.0 Å². The Morgan fingerprint density at radius 1 is 1.57 bits per heavy atom. The number of rotatable bonds is 2. The van der Waals surface area contributed by atoms with Gasteiger partial charge in [0.2, 0.25) is 10.0 Å². The molecule has 0 N–H and O–H groups in total. The van der Waals surface area contributed by atoms with Gasteiger partial charge in [-0.2, -0.15) is 4.31 Å². The molecule has 1 aliphatic rings. The van der Waals surface area contributed by atoms with Gasteiger partial charge in [-0.3, -0.25) is 0 Å². The van der Waals surface area contributed by atoms with E-state index in [1.54, 1.807) is 12.3 Å². The Labute approximate surface area is 83.6 Å². The minimum Gasteiger partial charge on any atom is -0.468 e. The zero-order valence-electron chi connectivity index (χ0n) is 8.01. The van der Waals surface area contributed by atoms with Gasteiger partial charge >= 0.3 is 0 Å². The summed E-state index contributed by atoms with van der Waals surface area (Å²) in [7, 11) is -3.10. The first-order chi connectivity index (χ1) is 6.59. The summed E-state index contributed by atoms with van der Waals surface area (Å²) < 4.78 is 29.6. The first-order valence-electron chi connectivity index (χ1n) is 4.59. The van der Waals surface area contributed by atoms with Crippen LogP contribution in [-0.4, -0.2) is 25.5 Å². The van der Waals surface area contributed by atoms with Crippen molar-refractivity contribution in [3.05, 3.63) is 24.2 Å². The molecule has 0 aliphatic carbocycles. The van der Waals surface area contributed by atoms with Crippen LogP contribution in [0, 0.1) is 0 Å². The number of sulfonamides is 1. The highest BCUT2D eigenvalue weighted by molar-refractivity contribution is 7.88. The molecule has 0 amide bonds. The molecule has 5 heteroatoms. The van der Waals surface area contributed by atoms with E-state index in [4.69, 9.17) is 4.42 Å². The second kappa shape index (κ2) is 3.40. The minimum absolute atomic E-state index is 0.0972. The smallest absolute Gasteiger partial charge is 0.211 e. The molecule has 78 valence electrons. The molecule has 0 aromatic carbocycles. The van der Waals surface area contributed by atoms with Gasteiger partial charge < -0.3 is 4.42 Å². The summed E-state index contributed by atoms with van der Waals surface area (Å²) in [5.74, 6) is 0.743. The number of hydrogen-bond acceptors (Lipinski definition) is 3. The summed E-state index contributed by atoms with van der Waals surface area (Å²) in [5.41, 5.74) is 0. The van der Waals surface area contributed by atoms with E-state index in [0.29, 0.717) is 6.54 Å². The third-order valence-electron chi connectivity index (χ3n) is 2.50. The maximum atomic E-state index is 11.4. The predicted molar refractivity (Wildman–Crippen MR) is 52.2 cm³/mol. The first-order valence-corrected chi connectivity index (χ1v) is 6.44. The Bertz CT molecular complexity index is 396. The molecular weight excluding hydrogens is 202 g/mol. The van der Waals surface area contributed by atoms with Crippen molar-refractivity contribution in [3.8, 4) is 0 Å². The van der Waals surface area contributed by atoms with Crippen LogP contribution >= 0.6 is 0 Å². The fraction of sp³-hybridized carbons (Fsp3) is 0.556. The molecule has 14 heavy (non-hydrogen) atoms. The van der Waals surface area contributed by atoms with Crippen molar-refractivity contribution in [1.82, 2.24) is 4.31 Å². The first kappa shape index (κ1) is 9.73. The Morgan fingerprint density at radius 2 is 2.36 bits per heavy atom. The molecule has 1 fully saturated rings. The standard InChI is InChI=1S/C9H13NO3S/c1-14(11,12)10-6-2-4-8(10)9-5-3-7-13-9/h3,5,7-8H,2,4,6H2,1H3/t8-/m1/s1. The Morgan fingerprint density at radius 3 is 2.93 bits per heavy atom. The molecule has 4 nitrogen and oxygen atoms in total. The summed E-state index contributed by atoms with van der Waals surface area (Å²) in [4.78, 5) is 0. The highest BCUT2D eigenvalue weighted by Crippen LogP contribution is 2.33. The van der Waals surface area contributed by atoms with Crippen LogP contribution in [0.15, 0.2) is 22.8 Å². The zero-order valence-corrected chi connectivity index (χ0v) is 8.83. The van der Waals surface area contributed by atoms with Crippen LogP contribution in [0.25, 0.3) is 0 Å². The highest BCUT2D eigenvalue weighted by atomic mass is 32.2. The van der Waals surface area contributed by atoms with Crippen molar-refractivity contribution in [2.75, 3.05) is 12.8 Å². The summed E-state index contributed by atoms with van der Waals surface area (Å²) in [6, 6.07) is 3.52. The van der Waals surface area contributed by atoms with Crippen molar-refractivity contribution in [1.29, 1.82) is 0 Å². The van der Waals surface area contributed by atoms with Crippen LogP contribution in [0.2, 0.25) is 0 Å². The van der Waals surface area contributed by atoms with Crippen molar-refractivity contribution in [2.45, 2.75) is 18.9 Å². The fourth-order valence-corrected chi connectivity index (χ4v) is 3.03. The second-order valence-electron chi connectivity index (χ2n) is 3.55. The van der Waals surface area contributed by atoms with Gasteiger partial charge in [0.25, 0.3) is 0 Å².